The van der Waals surface area contributed by atoms with Crippen molar-refractivity contribution < 1.29 is 9.59 Å². The van der Waals surface area contributed by atoms with Gasteiger partial charge in [0.05, 0.1) is 11.1 Å². The SMILES string of the molecule is NCC1CCCC1N1C(=O)c2ccccc2C1=O. The van der Waals surface area contributed by atoms with E-state index in [0.29, 0.717) is 17.7 Å². The molecule has 1 saturated carbocycles. The molecular weight excluding hydrogens is 228 g/mol. The Morgan fingerprint density at radius 3 is 2.28 bits per heavy atom. The first-order chi connectivity index (χ1) is 8.74. The van der Waals surface area contributed by atoms with Crippen LogP contribution in [0.15, 0.2) is 24.3 Å². The van der Waals surface area contributed by atoms with Gasteiger partial charge >= 0.3 is 0 Å². The summed E-state index contributed by atoms with van der Waals surface area (Å²) in [5, 5.41) is 0. The molecule has 2 unspecified atom stereocenters. The minimum absolute atomic E-state index is 0.0117. The Balaban J connectivity index is 1.97. The third-order valence-electron chi connectivity index (χ3n) is 4.08. The van der Waals surface area contributed by atoms with E-state index in [-0.39, 0.29) is 23.8 Å². The van der Waals surface area contributed by atoms with E-state index >= 15 is 0 Å². The number of hydrogen-bond acceptors (Lipinski definition) is 3. The van der Waals surface area contributed by atoms with Crippen LogP contribution in [-0.4, -0.2) is 29.3 Å². The fourth-order valence-corrected chi connectivity index (χ4v) is 3.14. The molecule has 2 aliphatic rings. The van der Waals surface area contributed by atoms with Gasteiger partial charge in [-0.15, -0.1) is 0 Å². The van der Waals surface area contributed by atoms with Crippen LogP contribution in [0.5, 0.6) is 0 Å². The second kappa shape index (κ2) is 4.21. The molecule has 1 aliphatic carbocycles. The van der Waals surface area contributed by atoms with Crippen LogP contribution in [0, 0.1) is 5.92 Å². The van der Waals surface area contributed by atoms with Gasteiger partial charge in [-0.3, -0.25) is 14.5 Å². The normalized spacial score (nSPS) is 26.8. The maximum absolute atomic E-state index is 12.3. The summed E-state index contributed by atoms with van der Waals surface area (Å²) < 4.78 is 0. The van der Waals surface area contributed by atoms with Crippen molar-refractivity contribution in [2.45, 2.75) is 25.3 Å². The molecule has 0 aromatic heterocycles. The molecule has 2 amide bonds. The van der Waals surface area contributed by atoms with Crippen LogP contribution in [0.3, 0.4) is 0 Å². The molecule has 1 aromatic carbocycles. The highest BCUT2D eigenvalue weighted by Crippen LogP contribution is 2.34. The van der Waals surface area contributed by atoms with Gasteiger partial charge in [0, 0.05) is 6.04 Å². The largest absolute Gasteiger partial charge is 0.330 e. The second-order valence-electron chi connectivity index (χ2n) is 5.02. The zero-order chi connectivity index (χ0) is 12.7. The Morgan fingerprint density at radius 2 is 1.72 bits per heavy atom. The van der Waals surface area contributed by atoms with E-state index in [0.717, 1.165) is 19.3 Å². The summed E-state index contributed by atoms with van der Waals surface area (Å²) in [5.41, 5.74) is 6.80. The van der Waals surface area contributed by atoms with E-state index in [1.54, 1.807) is 24.3 Å². The van der Waals surface area contributed by atoms with Crippen LogP contribution in [0.2, 0.25) is 0 Å². The van der Waals surface area contributed by atoms with Crippen LogP contribution >= 0.6 is 0 Å². The average Bonchev–Trinajstić information content (AvgIpc) is 2.95. The van der Waals surface area contributed by atoms with Gasteiger partial charge in [-0.25, -0.2) is 0 Å². The summed E-state index contributed by atoms with van der Waals surface area (Å²) in [5.74, 6) is -0.0471. The van der Waals surface area contributed by atoms with Gasteiger partial charge < -0.3 is 5.73 Å². The summed E-state index contributed by atoms with van der Waals surface area (Å²) in [6, 6.07) is 7.03. The molecule has 4 heteroatoms. The second-order valence-corrected chi connectivity index (χ2v) is 5.02. The third kappa shape index (κ3) is 1.49. The van der Waals surface area contributed by atoms with Crippen molar-refractivity contribution in [2.75, 3.05) is 6.54 Å². The van der Waals surface area contributed by atoms with E-state index in [9.17, 15) is 9.59 Å². The van der Waals surface area contributed by atoms with Crippen molar-refractivity contribution >= 4 is 11.8 Å². The van der Waals surface area contributed by atoms with Gasteiger partial charge in [0.1, 0.15) is 0 Å². The number of nitrogens with two attached hydrogens (primary N) is 1. The van der Waals surface area contributed by atoms with Crippen LogP contribution in [0.4, 0.5) is 0 Å². The van der Waals surface area contributed by atoms with E-state index in [1.165, 1.54) is 4.90 Å². The summed E-state index contributed by atoms with van der Waals surface area (Å²) >= 11 is 0. The maximum Gasteiger partial charge on any atom is 0.261 e. The molecule has 1 aromatic rings. The lowest BCUT2D eigenvalue weighted by atomic mass is 10.0. The number of rotatable bonds is 2. The Kier molecular flexibility index (Phi) is 2.67. The van der Waals surface area contributed by atoms with E-state index in [4.69, 9.17) is 5.73 Å². The summed E-state index contributed by atoms with van der Waals surface area (Å²) in [6.45, 7) is 0.540. The fourth-order valence-electron chi connectivity index (χ4n) is 3.14. The van der Waals surface area contributed by atoms with Gasteiger partial charge in [-0.2, -0.15) is 0 Å². The summed E-state index contributed by atoms with van der Waals surface area (Å²) in [6.07, 6.45) is 2.93. The number of imide groups is 1. The standard InChI is InChI=1S/C14H16N2O2/c15-8-9-4-3-7-12(9)16-13(17)10-5-1-2-6-11(10)14(16)18/h1-2,5-6,9,12H,3-4,7-8,15H2. The minimum atomic E-state index is -0.152. The molecule has 18 heavy (non-hydrogen) atoms. The molecule has 0 radical (unpaired) electrons. The van der Waals surface area contributed by atoms with Crippen molar-refractivity contribution in [3.63, 3.8) is 0 Å². The first kappa shape index (κ1) is 11.4. The Bertz CT molecular complexity index is 477. The number of nitrogens with zero attached hydrogens (tertiary/aromatic N) is 1. The van der Waals surface area contributed by atoms with Crippen LogP contribution in [0.1, 0.15) is 40.0 Å². The summed E-state index contributed by atoms with van der Waals surface area (Å²) in [7, 11) is 0. The van der Waals surface area contributed by atoms with Gasteiger partial charge in [-0.1, -0.05) is 18.6 Å². The highest BCUT2D eigenvalue weighted by Gasteiger charge is 2.43. The minimum Gasteiger partial charge on any atom is -0.330 e. The number of benzene rings is 1. The molecule has 2 atom stereocenters. The molecule has 94 valence electrons. The van der Waals surface area contributed by atoms with Gasteiger partial charge in [-0.05, 0) is 37.4 Å². The first-order valence-corrected chi connectivity index (χ1v) is 6.41. The summed E-state index contributed by atoms with van der Waals surface area (Å²) in [4.78, 5) is 26.1. The van der Waals surface area contributed by atoms with E-state index < -0.39 is 0 Å². The first-order valence-electron chi connectivity index (χ1n) is 6.41. The molecule has 0 saturated heterocycles. The fraction of sp³-hybridized carbons (Fsp3) is 0.429. The zero-order valence-electron chi connectivity index (χ0n) is 10.1. The predicted octanol–water partition coefficient (Wildman–Crippen LogP) is 1.41. The van der Waals surface area contributed by atoms with E-state index in [2.05, 4.69) is 0 Å². The lowest BCUT2D eigenvalue weighted by Crippen LogP contribution is -2.43. The Morgan fingerprint density at radius 1 is 1.11 bits per heavy atom. The zero-order valence-corrected chi connectivity index (χ0v) is 10.1. The monoisotopic (exact) mass is 244 g/mol. The van der Waals surface area contributed by atoms with E-state index in [1.807, 2.05) is 0 Å². The number of hydrogen-bond donors (Lipinski definition) is 1. The van der Waals surface area contributed by atoms with Crippen molar-refractivity contribution in [3.8, 4) is 0 Å². The molecule has 0 bridgehead atoms. The lowest BCUT2D eigenvalue weighted by molar-refractivity contribution is 0.0552. The van der Waals surface area contributed by atoms with Crippen LogP contribution < -0.4 is 5.73 Å². The number of carbonyl (C=O) groups excluding carboxylic acids is 2. The van der Waals surface area contributed by atoms with Crippen molar-refractivity contribution in [2.24, 2.45) is 11.7 Å². The molecule has 3 rings (SSSR count). The highest BCUT2D eigenvalue weighted by molar-refractivity contribution is 6.21. The molecule has 4 nitrogen and oxygen atoms in total. The Labute approximate surface area is 106 Å². The molecule has 1 heterocycles. The van der Waals surface area contributed by atoms with Crippen LogP contribution in [0.25, 0.3) is 0 Å². The predicted molar refractivity (Wildman–Crippen MR) is 67.1 cm³/mol. The molecule has 1 fully saturated rings. The molecular formula is C14H16N2O2. The van der Waals surface area contributed by atoms with Crippen molar-refractivity contribution in [3.05, 3.63) is 35.4 Å². The number of carbonyl (C=O) groups is 2. The third-order valence-corrected chi connectivity index (χ3v) is 4.08. The van der Waals surface area contributed by atoms with Gasteiger partial charge in [0.15, 0.2) is 0 Å². The Hall–Kier alpha value is -1.68. The maximum atomic E-state index is 12.3. The highest BCUT2D eigenvalue weighted by atomic mass is 16.2. The van der Waals surface area contributed by atoms with Gasteiger partial charge in [0.25, 0.3) is 11.8 Å². The molecule has 0 spiro atoms. The molecule has 1 aliphatic heterocycles. The lowest BCUT2D eigenvalue weighted by Gasteiger charge is -2.27. The average molecular weight is 244 g/mol. The number of fused-ring (bicyclic) bond motifs is 1. The van der Waals surface area contributed by atoms with Crippen molar-refractivity contribution in [1.82, 2.24) is 4.90 Å². The van der Waals surface area contributed by atoms with Gasteiger partial charge in [0.2, 0.25) is 0 Å². The smallest absolute Gasteiger partial charge is 0.261 e. The number of amides is 2. The molecule has 2 N–H and O–H groups in total. The van der Waals surface area contributed by atoms with Crippen molar-refractivity contribution in [1.29, 1.82) is 0 Å². The van der Waals surface area contributed by atoms with Crippen LogP contribution in [-0.2, 0) is 0 Å². The topological polar surface area (TPSA) is 63.4 Å². The quantitative estimate of drug-likeness (QED) is 0.800.